The standard InChI is InChI=1S/C13H19NO/c1-9-7-12-10(2)14(3)6-5-11(12)8-13(9)15-4/h7-8,10H,5-6H2,1-4H3/t10-/m0/s1. The largest absolute Gasteiger partial charge is 0.496 e. The van der Waals surface area contributed by atoms with Gasteiger partial charge in [0.1, 0.15) is 5.75 Å². The van der Waals surface area contributed by atoms with Crippen LogP contribution in [0, 0.1) is 6.92 Å². The van der Waals surface area contributed by atoms with Gasteiger partial charge in [-0.05, 0) is 50.1 Å². The van der Waals surface area contributed by atoms with Crippen molar-refractivity contribution in [1.82, 2.24) is 4.90 Å². The van der Waals surface area contributed by atoms with Crippen molar-refractivity contribution >= 4 is 0 Å². The van der Waals surface area contributed by atoms with Gasteiger partial charge in [0.15, 0.2) is 0 Å². The van der Waals surface area contributed by atoms with E-state index in [1.54, 1.807) is 7.11 Å². The van der Waals surface area contributed by atoms with Gasteiger partial charge in [-0.2, -0.15) is 0 Å². The Kier molecular flexibility index (Phi) is 2.70. The molecule has 0 amide bonds. The fourth-order valence-electron chi connectivity index (χ4n) is 2.31. The van der Waals surface area contributed by atoms with E-state index in [-0.39, 0.29) is 0 Å². The number of fused-ring (bicyclic) bond motifs is 1. The van der Waals surface area contributed by atoms with Gasteiger partial charge in [-0.15, -0.1) is 0 Å². The predicted octanol–water partition coefficient (Wildman–Crippen LogP) is 2.55. The van der Waals surface area contributed by atoms with Crippen LogP contribution in [-0.4, -0.2) is 25.6 Å². The molecule has 0 spiro atoms. The quantitative estimate of drug-likeness (QED) is 0.698. The summed E-state index contributed by atoms with van der Waals surface area (Å²) in [5.74, 6) is 1.02. The van der Waals surface area contributed by atoms with E-state index < -0.39 is 0 Å². The van der Waals surface area contributed by atoms with Gasteiger partial charge in [0.2, 0.25) is 0 Å². The van der Waals surface area contributed by atoms with Crippen molar-refractivity contribution in [2.45, 2.75) is 26.3 Å². The lowest BCUT2D eigenvalue weighted by atomic mass is 9.92. The van der Waals surface area contributed by atoms with Gasteiger partial charge in [0.25, 0.3) is 0 Å². The SMILES string of the molecule is COc1cc2c(cc1C)[C@H](C)N(C)CC2. The molecule has 2 rings (SSSR count). The molecule has 1 heterocycles. The zero-order valence-electron chi connectivity index (χ0n) is 10.0. The minimum atomic E-state index is 0.526. The molecular formula is C13H19NO. The second-order valence-electron chi connectivity index (χ2n) is 4.43. The molecule has 0 aromatic heterocycles. The topological polar surface area (TPSA) is 12.5 Å². The van der Waals surface area contributed by atoms with Crippen LogP contribution in [0.25, 0.3) is 0 Å². The minimum absolute atomic E-state index is 0.526. The summed E-state index contributed by atoms with van der Waals surface area (Å²) in [6.07, 6.45) is 1.13. The Hall–Kier alpha value is -1.02. The Morgan fingerprint density at radius 1 is 1.40 bits per heavy atom. The van der Waals surface area contributed by atoms with Crippen LogP contribution in [0.2, 0.25) is 0 Å². The molecule has 1 atom stereocenters. The molecule has 0 N–H and O–H groups in total. The molecule has 1 aromatic rings. The highest BCUT2D eigenvalue weighted by Gasteiger charge is 2.21. The van der Waals surface area contributed by atoms with Crippen LogP contribution in [0.1, 0.15) is 29.7 Å². The number of aryl methyl sites for hydroxylation is 1. The first kappa shape index (κ1) is 10.5. The second kappa shape index (κ2) is 3.86. The Balaban J connectivity index is 2.47. The van der Waals surface area contributed by atoms with Crippen LogP contribution in [0.3, 0.4) is 0 Å². The number of benzene rings is 1. The predicted molar refractivity (Wildman–Crippen MR) is 62.5 cm³/mol. The number of methoxy groups -OCH3 is 1. The summed E-state index contributed by atoms with van der Waals surface area (Å²) >= 11 is 0. The molecule has 0 radical (unpaired) electrons. The summed E-state index contributed by atoms with van der Waals surface area (Å²) in [6.45, 7) is 5.52. The van der Waals surface area contributed by atoms with E-state index in [4.69, 9.17) is 4.74 Å². The molecular weight excluding hydrogens is 186 g/mol. The third kappa shape index (κ3) is 1.74. The number of rotatable bonds is 1. The van der Waals surface area contributed by atoms with Crippen LogP contribution in [-0.2, 0) is 6.42 Å². The summed E-state index contributed by atoms with van der Waals surface area (Å²) in [4.78, 5) is 2.40. The zero-order valence-corrected chi connectivity index (χ0v) is 10.0. The van der Waals surface area contributed by atoms with Gasteiger partial charge >= 0.3 is 0 Å². The molecule has 0 bridgehead atoms. The maximum Gasteiger partial charge on any atom is 0.122 e. The molecule has 1 aromatic carbocycles. The molecule has 0 unspecified atom stereocenters. The molecule has 15 heavy (non-hydrogen) atoms. The van der Waals surface area contributed by atoms with E-state index in [1.165, 1.54) is 16.7 Å². The third-order valence-corrected chi connectivity index (χ3v) is 3.50. The molecule has 0 aliphatic carbocycles. The van der Waals surface area contributed by atoms with E-state index in [1.807, 2.05) is 0 Å². The van der Waals surface area contributed by atoms with Crippen LogP contribution < -0.4 is 4.74 Å². The number of nitrogens with zero attached hydrogens (tertiary/aromatic N) is 1. The van der Waals surface area contributed by atoms with Crippen LogP contribution >= 0.6 is 0 Å². The fourth-order valence-corrected chi connectivity index (χ4v) is 2.31. The lowest BCUT2D eigenvalue weighted by Gasteiger charge is -2.32. The summed E-state index contributed by atoms with van der Waals surface area (Å²) < 4.78 is 5.36. The number of ether oxygens (including phenoxy) is 1. The third-order valence-electron chi connectivity index (χ3n) is 3.50. The van der Waals surface area contributed by atoms with E-state index in [9.17, 15) is 0 Å². The molecule has 2 heteroatoms. The van der Waals surface area contributed by atoms with Crippen molar-refractivity contribution in [1.29, 1.82) is 0 Å². The highest BCUT2D eigenvalue weighted by atomic mass is 16.5. The van der Waals surface area contributed by atoms with E-state index in [0.717, 1.165) is 18.7 Å². The van der Waals surface area contributed by atoms with E-state index in [2.05, 4.69) is 37.9 Å². The maximum absolute atomic E-state index is 5.36. The van der Waals surface area contributed by atoms with Gasteiger partial charge in [0.05, 0.1) is 7.11 Å². The first-order valence-corrected chi connectivity index (χ1v) is 5.51. The summed E-state index contributed by atoms with van der Waals surface area (Å²) in [6, 6.07) is 5.00. The molecule has 82 valence electrons. The average Bonchev–Trinajstić information content (AvgIpc) is 2.24. The van der Waals surface area contributed by atoms with Crippen molar-refractivity contribution in [2.24, 2.45) is 0 Å². The number of likely N-dealkylation sites (N-methyl/N-ethyl adjacent to an activating group) is 1. The summed E-state index contributed by atoms with van der Waals surface area (Å²) in [7, 11) is 3.93. The van der Waals surface area contributed by atoms with Crippen LogP contribution in [0.4, 0.5) is 0 Å². The van der Waals surface area contributed by atoms with Gasteiger partial charge in [0, 0.05) is 12.6 Å². The maximum atomic E-state index is 5.36. The monoisotopic (exact) mass is 205 g/mol. The van der Waals surface area contributed by atoms with Gasteiger partial charge in [-0.1, -0.05) is 6.07 Å². The van der Waals surface area contributed by atoms with Crippen LogP contribution in [0.15, 0.2) is 12.1 Å². The molecule has 2 nitrogen and oxygen atoms in total. The van der Waals surface area contributed by atoms with Gasteiger partial charge in [-0.3, -0.25) is 4.90 Å². The normalized spacial score (nSPS) is 21.2. The number of hydrogen-bond donors (Lipinski definition) is 0. The van der Waals surface area contributed by atoms with Crippen molar-refractivity contribution < 1.29 is 4.74 Å². The summed E-state index contributed by atoms with van der Waals surface area (Å²) in [5, 5.41) is 0. The van der Waals surface area contributed by atoms with Gasteiger partial charge in [-0.25, -0.2) is 0 Å². The lowest BCUT2D eigenvalue weighted by Crippen LogP contribution is -2.30. The Bertz CT molecular complexity index is 373. The lowest BCUT2D eigenvalue weighted by molar-refractivity contribution is 0.247. The van der Waals surface area contributed by atoms with Crippen molar-refractivity contribution in [2.75, 3.05) is 20.7 Å². The Morgan fingerprint density at radius 2 is 2.13 bits per heavy atom. The summed E-state index contributed by atoms with van der Waals surface area (Å²) in [5.41, 5.74) is 4.14. The highest BCUT2D eigenvalue weighted by Crippen LogP contribution is 2.32. The average molecular weight is 205 g/mol. The Morgan fingerprint density at radius 3 is 2.80 bits per heavy atom. The second-order valence-corrected chi connectivity index (χ2v) is 4.43. The molecule has 0 fully saturated rings. The molecule has 0 saturated carbocycles. The zero-order chi connectivity index (χ0) is 11.0. The fraction of sp³-hybridized carbons (Fsp3) is 0.538. The van der Waals surface area contributed by atoms with Crippen molar-refractivity contribution in [3.8, 4) is 5.75 Å². The van der Waals surface area contributed by atoms with Crippen molar-refractivity contribution in [3.05, 3.63) is 28.8 Å². The number of hydrogen-bond acceptors (Lipinski definition) is 2. The van der Waals surface area contributed by atoms with E-state index >= 15 is 0 Å². The molecule has 0 saturated heterocycles. The van der Waals surface area contributed by atoms with Crippen molar-refractivity contribution in [3.63, 3.8) is 0 Å². The first-order valence-electron chi connectivity index (χ1n) is 5.51. The van der Waals surface area contributed by atoms with Crippen LogP contribution in [0.5, 0.6) is 5.75 Å². The smallest absolute Gasteiger partial charge is 0.122 e. The highest BCUT2D eigenvalue weighted by molar-refractivity contribution is 5.44. The first-order chi connectivity index (χ1) is 7.13. The Labute approximate surface area is 91.9 Å². The molecule has 1 aliphatic rings. The minimum Gasteiger partial charge on any atom is -0.496 e. The van der Waals surface area contributed by atoms with Gasteiger partial charge < -0.3 is 4.74 Å². The molecule has 1 aliphatic heterocycles. The van der Waals surface area contributed by atoms with E-state index in [0.29, 0.717) is 6.04 Å².